The van der Waals surface area contributed by atoms with E-state index in [9.17, 15) is 13.8 Å². The number of nitrogens with one attached hydrogen (secondary N) is 1. The monoisotopic (exact) mass is 379 g/mol. The van der Waals surface area contributed by atoms with Crippen LogP contribution in [0.4, 0.5) is 10.5 Å². The minimum Gasteiger partial charge on any atom is -0.486 e. The van der Waals surface area contributed by atoms with Crippen LogP contribution < -0.4 is 14.8 Å². The van der Waals surface area contributed by atoms with E-state index in [1.165, 1.54) is 0 Å². The summed E-state index contributed by atoms with van der Waals surface area (Å²) in [7, 11) is 0.498. The van der Waals surface area contributed by atoms with Crippen LogP contribution in [0, 0.1) is 0 Å². The molecule has 3 aliphatic rings. The third kappa shape index (κ3) is 2.80. The number of carbonyl (C=O) groups excluding carboxylic acids is 2. The summed E-state index contributed by atoms with van der Waals surface area (Å²) in [6.45, 7) is 1.92. The maximum Gasteiger partial charge on any atom is 0.321 e. The number of hydrogen-bond donors (Lipinski definition) is 1. The van der Waals surface area contributed by atoms with E-state index in [-0.39, 0.29) is 17.7 Å². The lowest BCUT2D eigenvalue weighted by Crippen LogP contribution is -2.55. The Morgan fingerprint density at radius 2 is 1.88 bits per heavy atom. The molecule has 0 radical (unpaired) electrons. The first-order valence-electron chi connectivity index (χ1n) is 8.60. The minimum atomic E-state index is -1.21. The first kappa shape index (κ1) is 17.1. The second-order valence-electron chi connectivity index (χ2n) is 6.66. The smallest absolute Gasteiger partial charge is 0.321 e. The molecule has 0 saturated carbocycles. The average Bonchev–Trinajstić information content (AvgIpc) is 2.86. The van der Waals surface area contributed by atoms with E-state index in [0.717, 1.165) is 0 Å². The molecule has 0 aromatic heterocycles. The lowest BCUT2D eigenvalue weighted by molar-refractivity contribution is -0.129. The number of anilines is 1. The van der Waals surface area contributed by atoms with Crippen molar-refractivity contribution in [2.75, 3.05) is 44.4 Å². The van der Waals surface area contributed by atoms with Crippen molar-refractivity contribution >= 4 is 28.4 Å². The molecule has 2 saturated heterocycles. The lowest BCUT2D eigenvalue weighted by atomic mass is 10.0. The van der Waals surface area contributed by atoms with Gasteiger partial charge in [0.05, 0.1) is 10.8 Å². The Labute approximate surface area is 153 Å². The molecule has 1 aromatic carbocycles. The van der Waals surface area contributed by atoms with Crippen LogP contribution in [0.5, 0.6) is 11.5 Å². The number of ether oxygens (including phenoxy) is 2. The van der Waals surface area contributed by atoms with Gasteiger partial charge in [0.1, 0.15) is 23.8 Å². The average molecular weight is 379 g/mol. The van der Waals surface area contributed by atoms with Gasteiger partial charge in [0.2, 0.25) is 5.91 Å². The predicted octanol–water partition coefficient (Wildman–Crippen LogP) is 1.00. The van der Waals surface area contributed by atoms with Crippen molar-refractivity contribution in [1.82, 2.24) is 9.80 Å². The van der Waals surface area contributed by atoms with Gasteiger partial charge in [-0.2, -0.15) is 0 Å². The third-order valence-electron chi connectivity index (χ3n) is 5.29. The van der Waals surface area contributed by atoms with E-state index in [1.807, 2.05) is 0 Å². The number of likely N-dealkylation sites (tertiary alicyclic amines) is 1. The molecule has 0 bridgehead atoms. The van der Waals surface area contributed by atoms with Gasteiger partial charge in [0, 0.05) is 44.7 Å². The fraction of sp³-hybridized carbons (Fsp3) is 0.529. The van der Waals surface area contributed by atoms with Crippen LogP contribution >= 0.6 is 0 Å². The van der Waals surface area contributed by atoms with E-state index >= 15 is 0 Å². The Hall–Kier alpha value is -2.29. The van der Waals surface area contributed by atoms with Crippen LogP contribution in [0.1, 0.15) is 12.8 Å². The number of carbonyl (C=O) groups is 2. The van der Waals surface area contributed by atoms with Gasteiger partial charge in [-0.1, -0.05) is 0 Å². The van der Waals surface area contributed by atoms with Gasteiger partial charge in [-0.25, -0.2) is 4.79 Å². The zero-order valence-corrected chi connectivity index (χ0v) is 15.3. The summed E-state index contributed by atoms with van der Waals surface area (Å²) < 4.78 is 23.4. The summed E-state index contributed by atoms with van der Waals surface area (Å²) in [5.41, 5.74) is 0.635. The minimum absolute atomic E-state index is 0.0832. The van der Waals surface area contributed by atoms with Gasteiger partial charge in [0.15, 0.2) is 11.5 Å². The van der Waals surface area contributed by atoms with Crippen LogP contribution in [-0.2, 0) is 15.6 Å². The molecular formula is C17H21N3O5S. The third-order valence-corrected chi connectivity index (χ3v) is 7.33. The lowest BCUT2D eigenvalue weighted by Gasteiger charge is -2.41. The summed E-state index contributed by atoms with van der Waals surface area (Å²) >= 11 is 0. The maximum absolute atomic E-state index is 12.6. The molecule has 3 aliphatic heterocycles. The molecule has 26 heavy (non-hydrogen) atoms. The SMILES string of the molecule is CN1C(=O)CS(=O)C12CCN(C(=O)Nc1ccc3c(c1)OCCO3)CC2. The molecule has 3 heterocycles. The van der Waals surface area contributed by atoms with E-state index in [2.05, 4.69) is 5.32 Å². The number of urea groups is 1. The van der Waals surface area contributed by atoms with Gasteiger partial charge in [0.25, 0.3) is 0 Å². The van der Waals surface area contributed by atoms with Crippen molar-refractivity contribution in [2.45, 2.75) is 17.7 Å². The molecule has 9 heteroatoms. The highest BCUT2D eigenvalue weighted by Crippen LogP contribution is 2.37. The Kier molecular flexibility index (Phi) is 4.26. The standard InChI is InChI=1S/C17H21N3O5S/c1-19-15(21)11-26(23)17(19)4-6-20(7-5-17)16(22)18-12-2-3-13-14(10-12)25-9-8-24-13/h2-3,10H,4-9,11H2,1H3,(H,18,22). The van der Waals surface area contributed by atoms with Crippen molar-refractivity contribution in [2.24, 2.45) is 0 Å². The van der Waals surface area contributed by atoms with Gasteiger partial charge in [-0.05, 0) is 12.1 Å². The molecule has 140 valence electrons. The molecule has 1 aromatic rings. The normalized spacial score (nSPS) is 24.0. The van der Waals surface area contributed by atoms with Crippen molar-refractivity contribution in [3.63, 3.8) is 0 Å². The van der Waals surface area contributed by atoms with Crippen molar-refractivity contribution in [3.05, 3.63) is 18.2 Å². The summed E-state index contributed by atoms with van der Waals surface area (Å²) in [6, 6.07) is 5.08. The Balaban J connectivity index is 1.40. The summed E-state index contributed by atoms with van der Waals surface area (Å²) in [5, 5.41) is 2.87. The number of piperidine rings is 1. The van der Waals surface area contributed by atoms with Gasteiger partial charge in [-0.15, -0.1) is 0 Å². The second kappa shape index (κ2) is 6.46. The first-order valence-corrected chi connectivity index (χ1v) is 9.92. The van der Waals surface area contributed by atoms with Gasteiger partial charge >= 0.3 is 6.03 Å². The van der Waals surface area contributed by atoms with E-state index in [0.29, 0.717) is 56.3 Å². The molecule has 3 amide bonds. The highest BCUT2D eigenvalue weighted by atomic mass is 32.2. The van der Waals surface area contributed by atoms with Crippen LogP contribution in [0.25, 0.3) is 0 Å². The molecule has 0 aliphatic carbocycles. The molecule has 1 unspecified atom stereocenters. The highest BCUT2D eigenvalue weighted by molar-refractivity contribution is 7.87. The fourth-order valence-electron chi connectivity index (χ4n) is 3.67. The molecule has 2 fully saturated rings. The first-order chi connectivity index (χ1) is 12.5. The van der Waals surface area contributed by atoms with Crippen LogP contribution in [0.2, 0.25) is 0 Å². The number of amides is 3. The number of nitrogens with zero attached hydrogens (tertiary/aromatic N) is 2. The summed E-state index contributed by atoms with van der Waals surface area (Å²) in [6.07, 6.45) is 1.05. The number of rotatable bonds is 1. The van der Waals surface area contributed by atoms with Gasteiger partial charge in [-0.3, -0.25) is 9.00 Å². The van der Waals surface area contributed by atoms with Crippen LogP contribution in [0.3, 0.4) is 0 Å². The molecule has 8 nitrogen and oxygen atoms in total. The maximum atomic E-state index is 12.6. The Morgan fingerprint density at radius 1 is 1.19 bits per heavy atom. The van der Waals surface area contributed by atoms with E-state index < -0.39 is 15.7 Å². The second-order valence-corrected chi connectivity index (χ2v) is 8.40. The Morgan fingerprint density at radius 3 is 2.54 bits per heavy atom. The largest absolute Gasteiger partial charge is 0.486 e. The zero-order chi connectivity index (χ0) is 18.3. The van der Waals surface area contributed by atoms with Crippen molar-refractivity contribution in [3.8, 4) is 11.5 Å². The molecule has 4 rings (SSSR count). The molecular weight excluding hydrogens is 358 g/mol. The van der Waals surface area contributed by atoms with Crippen LogP contribution in [-0.4, -0.2) is 69.9 Å². The topological polar surface area (TPSA) is 88.2 Å². The number of fused-ring (bicyclic) bond motifs is 1. The van der Waals surface area contributed by atoms with E-state index in [1.54, 1.807) is 35.0 Å². The molecule has 1 N–H and O–H groups in total. The molecule has 1 spiro atoms. The van der Waals surface area contributed by atoms with E-state index in [4.69, 9.17) is 9.47 Å². The van der Waals surface area contributed by atoms with Crippen LogP contribution in [0.15, 0.2) is 18.2 Å². The zero-order valence-electron chi connectivity index (χ0n) is 14.5. The molecule has 1 atom stereocenters. The number of benzene rings is 1. The quantitative estimate of drug-likeness (QED) is 0.787. The predicted molar refractivity (Wildman–Crippen MR) is 95.8 cm³/mol. The summed E-state index contributed by atoms with van der Waals surface area (Å²) in [4.78, 5) is 27.1. The highest BCUT2D eigenvalue weighted by Gasteiger charge is 2.51. The number of hydrogen-bond acceptors (Lipinski definition) is 5. The van der Waals surface area contributed by atoms with Crippen molar-refractivity contribution in [1.29, 1.82) is 0 Å². The van der Waals surface area contributed by atoms with Gasteiger partial charge < -0.3 is 24.6 Å². The summed E-state index contributed by atoms with van der Waals surface area (Å²) in [5.74, 6) is 1.29. The van der Waals surface area contributed by atoms with Crippen molar-refractivity contribution < 1.29 is 23.3 Å². The Bertz CT molecular complexity index is 776. The fourth-order valence-corrected chi connectivity index (χ4v) is 5.40.